The summed E-state index contributed by atoms with van der Waals surface area (Å²) in [5, 5.41) is 0.625. The molecule has 27 heavy (non-hydrogen) atoms. The minimum absolute atomic E-state index is 0.233. The number of hydrogen-bond acceptors (Lipinski definition) is 4. The van der Waals surface area contributed by atoms with Crippen LogP contribution in [0.15, 0.2) is 42.5 Å². The second kappa shape index (κ2) is 9.83. The van der Waals surface area contributed by atoms with Gasteiger partial charge in [0, 0.05) is 10.6 Å². The van der Waals surface area contributed by atoms with E-state index >= 15 is 0 Å². The van der Waals surface area contributed by atoms with E-state index < -0.39 is 11.8 Å². The lowest BCUT2D eigenvalue weighted by atomic mass is 10.2. The van der Waals surface area contributed by atoms with Gasteiger partial charge in [-0.05, 0) is 60.9 Å². The summed E-state index contributed by atoms with van der Waals surface area (Å²) in [7, 11) is 0. The number of ether oxygens (including phenoxy) is 2. The Morgan fingerprint density at radius 1 is 1.00 bits per heavy atom. The van der Waals surface area contributed by atoms with E-state index in [1.165, 1.54) is 0 Å². The van der Waals surface area contributed by atoms with Crippen LogP contribution in [0.3, 0.4) is 0 Å². The number of carbonyl (C=O) groups is 2. The van der Waals surface area contributed by atoms with E-state index in [2.05, 4.69) is 24.7 Å². The Balaban J connectivity index is 1.77. The fourth-order valence-corrected chi connectivity index (χ4v) is 2.17. The molecule has 0 aromatic heterocycles. The van der Waals surface area contributed by atoms with Crippen molar-refractivity contribution in [1.29, 1.82) is 0 Å². The number of benzene rings is 2. The van der Waals surface area contributed by atoms with Crippen LogP contribution in [0, 0.1) is 12.8 Å². The standard InChI is InChI=1S/C20H23ClN2O4/c1-13(2)11-26-16-6-4-15(5-7-16)20(25)23-22-19(24)12-27-17-8-9-18(21)14(3)10-17/h4-10,13H,11-12H2,1-3H3,(H,22,24)(H,23,25). The van der Waals surface area contributed by atoms with Crippen molar-refractivity contribution in [2.45, 2.75) is 20.8 Å². The fraction of sp³-hybridized carbons (Fsp3) is 0.300. The lowest BCUT2D eigenvalue weighted by molar-refractivity contribution is -0.123. The summed E-state index contributed by atoms with van der Waals surface area (Å²) in [6.45, 7) is 6.33. The highest BCUT2D eigenvalue weighted by Gasteiger charge is 2.09. The van der Waals surface area contributed by atoms with Crippen LogP contribution in [0.4, 0.5) is 0 Å². The molecule has 0 atom stereocenters. The van der Waals surface area contributed by atoms with Crippen molar-refractivity contribution >= 4 is 23.4 Å². The SMILES string of the molecule is Cc1cc(OCC(=O)NNC(=O)c2ccc(OCC(C)C)cc2)ccc1Cl. The van der Waals surface area contributed by atoms with Gasteiger partial charge in [-0.2, -0.15) is 0 Å². The number of aryl methyl sites for hydroxylation is 1. The second-order valence-electron chi connectivity index (χ2n) is 6.43. The van der Waals surface area contributed by atoms with Crippen LogP contribution in [0.25, 0.3) is 0 Å². The number of nitrogens with one attached hydrogen (secondary N) is 2. The van der Waals surface area contributed by atoms with Crippen molar-refractivity contribution in [2.24, 2.45) is 5.92 Å². The molecule has 0 aliphatic rings. The molecule has 0 spiro atoms. The maximum absolute atomic E-state index is 12.1. The maximum Gasteiger partial charge on any atom is 0.276 e. The minimum Gasteiger partial charge on any atom is -0.493 e. The van der Waals surface area contributed by atoms with Crippen LogP contribution in [-0.4, -0.2) is 25.0 Å². The molecule has 0 fully saturated rings. The van der Waals surface area contributed by atoms with Gasteiger partial charge in [-0.15, -0.1) is 0 Å². The minimum atomic E-state index is -0.479. The summed E-state index contributed by atoms with van der Waals surface area (Å²) in [5.41, 5.74) is 5.91. The van der Waals surface area contributed by atoms with Crippen molar-refractivity contribution in [3.8, 4) is 11.5 Å². The number of hydrazine groups is 1. The Hall–Kier alpha value is -2.73. The van der Waals surface area contributed by atoms with Crippen molar-refractivity contribution in [3.63, 3.8) is 0 Å². The van der Waals surface area contributed by atoms with Gasteiger partial charge in [-0.25, -0.2) is 0 Å². The molecule has 0 saturated heterocycles. The van der Waals surface area contributed by atoms with E-state index in [1.54, 1.807) is 42.5 Å². The van der Waals surface area contributed by atoms with Gasteiger partial charge in [0.25, 0.3) is 11.8 Å². The summed E-state index contributed by atoms with van der Waals surface area (Å²) in [6.07, 6.45) is 0. The highest BCUT2D eigenvalue weighted by Crippen LogP contribution is 2.20. The third-order valence-corrected chi connectivity index (χ3v) is 3.94. The third kappa shape index (κ3) is 6.83. The zero-order valence-corrected chi connectivity index (χ0v) is 16.3. The van der Waals surface area contributed by atoms with Crippen LogP contribution < -0.4 is 20.3 Å². The highest BCUT2D eigenvalue weighted by atomic mass is 35.5. The Labute approximate surface area is 163 Å². The molecule has 0 aliphatic heterocycles. The van der Waals surface area contributed by atoms with Crippen molar-refractivity contribution in [3.05, 3.63) is 58.6 Å². The number of rotatable bonds is 7. The maximum atomic E-state index is 12.1. The van der Waals surface area contributed by atoms with Gasteiger partial charge in [0.15, 0.2) is 6.61 Å². The Morgan fingerprint density at radius 3 is 2.30 bits per heavy atom. The first-order chi connectivity index (χ1) is 12.8. The molecule has 2 rings (SSSR count). The molecule has 0 bridgehead atoms. The highest BCUT2D eigenvalue weighted by molar-refractivity contribution is 6.31. The predicted molar refractivity (Wildman–Crippen MR) is 104 cm³/mol. The Kier molecular flexibility index (Phi) is 7.49. The van der Waals surface area contributed by atoms with Crippen molar-refractivity contribution < 1.29 is 19.1 Å². The number of hydrogen-bond donors (Lipinski definition) is 2. The summed E-state index contributed by atoms with van der Waals surface area (Å²) in [5.74, 6) is 0.724. The van der Waals surface area contributed by atoms with E-state index in [-0.39, 0.29) is 6.61 Å². The Morgan fingerprint density at radius 2 is 1.67 bits per heavy atom. The summed E-state index contributed by atoms with van der Waals surface area (Å²) in [4.78, 5) is 23.9. The summed E-state index contributed by atoms with van der Waals surface area (Å²) in [6, 6.07) is 11.8. The van der Waals surface area contributed by atoms with Gasteiger partial charge < -0.3 is 9.47 Å². The molecule has 2 N–H and O–H groups in total. The largest absolute Gasteiger partial charge is 0.493 e. The molecule has 7 heteroatoms. The molecule has 0 radical (unpaired) electrons. The number of carbonyl (C=O) groups excluding carboxylic acids is 2. The average molecular weight is 391 g/mol. The van der Waals surface area contributed by atoms with Crippen molar-refractivity contribution in [1.82, 2.24) is 10.9 Å². The van der Waals surface area contributed by atoms with E-state index in [0.717, 1.165) is 5.56 Å². The van der Waals surface area contributed by atoms with E-state index in [1.807, 2.05) is 6.92 Å². The smallest absolute Gasteiger partial charge is 0.276 e. The molecule has 6 nitrogen and oxygen atoms in total. The number of amides is 2. The first-order valence-corrected chi connectivity index (χ1v) is 8.94. The van der Waals surface area contributed by atoms with Gasteiger partial charge in [-0.1, -0.05) is 25.4 Å². The van der Waals surface area contributed by atoms with Gasteiger partial charge in [0.2, 0.25) is 0 Å². The topological polar surface area (TPSA) is 76.7 Å². The Bertz CT molecular complexity index is 791. The second-order valence-corrected chi connectivity index (χ2v) is 6.84. The van der Waals surface area contributed by atoms with Crippen LogP contribution in [0.1, 0.15) is 29.8 Å². The summed E-state index contributed by atoms with van der Waals surface area (Å²) >= 11 is 5.94. The zero-order chi connectivity index (χ0) is 19.8. The molecule has 0 heterocycles. The number of halogens is 1. The fourth-order valence-electron chi connectivity index (χ4n) is 2.06. The van der Waals surface area contributed by atoms with Gasteiger partial charge in [0.05, 0.1) is 6.61 Å². The molecule has 144 valence electrons. The first kappa shape index (κ1) is 20.6. The van der Waals surface area contributed by atoms with E-state index in [9.17, 15) is 9.59 Å². The molecule has 0 unspecified atom stereocenters. The van der Waals surface area contributed by atoms with Crippen molar-refractivity contribution in [2.75, 3.05) is 13.2 Å². The molecule has 2 aromatic rings. The lowest BCUT2D eigenvalue weighted by Crippen LogP contribution is -2.43. The van der Waals surface area contributed by atoms with Gasteiger partial charge >= 0.3 is 0 Å². The lowest BCUT2D eigenvalue weighted by Gasteiger charge is -2.11. The normalized spacial score (nSPS) is 10.4. The van der Waals surface area contributed by atoms with Crippen LogP contribution in [0.5, 0.6) is 11.5 Å². The predicted octanol–water partition coefficient (Wildman–Crippen LogP) is 3.52. The molecular weight excluding hydrogens is 368 g/mol. The monoisotopic (exact) mass is 390 g/mol. The molecule has 0 saturated carbocycles. The van der Waals surface area contributed by atoms with Crippen LogP contribution in [0.2, 0.25) is 5.02 Å². The molecule has 0 aliphatic carbocycles. The molecule has 2 aromatic carbocycles. The van der Waals surface area contributed by atoms with E-state index in [0.29, 0.717) is 34.6 Å². The van der Waals surface area contributed by atoms with Gasteiger partial charge in [-0.3, -0.25) is 20.4 Å². The zero-order valence-electron chi connectivity index (χ0n) is 15.5. The van der Waals surface area contributed by atoms with Gasteiger partial charge in [0.1, 0.15) is 11.5 Å². The quantitative estimate of drug-likeness (QED) is 0.709. The molecular formula is C20H23ClN2O4. The van der Waals surface area contributed by atoms with Crippen LogP contribution >= 0.6 is 11.6 Å². The van der Waals surface area contributed by atoms with Crippen LogP contribution in [-0.2, 0) is 4.79 Å². The molecule has 2 amide bonds. The summed E-state index contributed by atoms with van der Waals surface area (Å²) < 4.78 is 10.9. The first-order valence-electron chi connectivity index (χ1n) is 8.56. The van der Waals surface area contributed by atoms with E-state index in [4.69, 9.17) is 21.1 Å². The average Bonchev–Trinajstić information content (AvgIpc) is 2.65. The third-order valence-electron chi connectivity index (χ3n) is 3.51.